The van der Waals surface area contributed by atoms with Gasteiger partial charge in [-0.3, -0.25) is 9.78 Å². The van der Waals surface area contributed by atoms with Gasteiger partial charge in [-0.15, -0.1) is 0 Å². The maximum absolute atomic E-state index is 11.6. The Balaban J connectivity index is 1.93. The number of hydrazone groups is 1. The highest BCUT2D eigenvalue weighted by atomic mass is 16.3. The number of aliphatic hydroxyl groups is 1. The van der Waals surface area contributed by atoms with Crippen molar-refractivity contribution in [1.82, 2.24) is 10.4 Å². The predicted octanol–water partition coefficient (Wildman–Crippen LogP) is 1.27. The summed E-state index contributed by atoms with van der Waals surface area (Å²) in [4.78, 5) is 15.6. The fourth-order valence-electron chi connectivity index (χ4n) is 1.47. The summed E-state index contributed by atoms with van der Waals surface area (Å²) in [6.45, 7) is 0. The second-order valence-corrected chi connectivity index (χ2v) is 3.83. The van der Waals surface area contributed by atoms with E-state index in [0.717, 1.165) is 5.56 Å². The molecule has 0 saturated heterocycles. The second kappa shape index (κ2) is 6.42. The van der Waals surface area contributed by atoms with Crippen LogP contribution in [-0.4, -0.2) is 22.2 Å². The summed E-state index contributed by atoms with van der Waals surface area (Å²) in [7, 11) is 0. The molecule has 1 aromatic heterocycles. The maximum Gasteiger partial charge on any atom is 0.273 e. The molecule has 0 aliphatic heterocycles. The molecule has 0 bridgehead atoms. The van der Waals surface area contributed by atoms with Crippen molar-refractivity contribution in [2.24, 2.45) is 5.10 Å². The molecule has 5 nitrogen and oxygen atoms in total. The van der Waals surface area contributed by atoms with E-state index in [1.807, 2.05) is 6.07 Å². The summed E-state index contributed by atoms with van der Waals surface area (Å²) in [6.07, 6.45) is 3.49. The van der Waals surface area contributed by atoms with Crippen LogP contribution in [0.1, 0.15) is 17.2 Å². The smallest absolute Gasteiger partial charge is 0.273 e. The summed E-state index contributed by atoms with van der Waals surface area (Å²) in [6, 6.07) is 12.2. The van der Waals surface area contributed by atoms with E-state index >= 15 is 0 Å². The fraction of sp³-hybridized carbons (Fsp3) is 0.0714. The van der Waals surface area contributed by atoms with Crippen molar-refractivity contribution < 1.29 is 9.90 Å². The lowest BCUT2D eigenvalue weighted by Gasteiger charge is -2.08. The molecule has 19 heavy (non-hydrogen) atoms. The standard InChI is InChI=1S/C14H13N3O2/c18-13(12-6-2-1-3-7-12)14(19)17-16-10-11-5-4-8-15-9-11/h1-10,13,18H,(H,17,19)/t13-/m0/s1. The Morgan fingerprint density at radius 2 is 2.05 bits per heavy atom. The number of benzene rings is 1. The van der Waals surface area contributed by atoms with Gasteiger partial charge in [0.1, 0.15) is 0 Å². The van der Waals surface area contributed by atoms with Crippen LogP contribution in [0.5, 0.6) is 0 Å². The number of carbonyl (C=O) groups excluding carboxylic acids is 1. The Morgan fingerprint density at radius 3 is 2.74 bits per heavy atom. The summed E-state index contributed by atoms with van der Waals surface area (Å²) < 4.78 is 0. The van der Waals surface area contributed by atoms with E-state index in [1.54, 1.807) is 48.8 Å². The monoisotopic (exact) mass is 255 g/mol. The molecule has 1 heterocycles. The summed E-state index contributed by atoms with van der Waals surface area (Å²) in [5.74, 6) is -0.577. The molecule has 1 aromatic carbocycles. The van der Waals surface area contributed by atoms with Gasteiger partial charge in [0.15, 0.2) is 6.10 Å². The van der Waals surface area contributed by atoms with Crippen LogP contribution in [0.2, 0.25) is 0 Å². The quantitative estimate of drug-likeness (QED) is 0.638. The van der Waals surface area contributed by atoms with Gasteiger partial charge < -0.3 is 5.11 Å². The number of nitrogens with zero attached hydrogens (tertiary/aromatic N) is 2. The lowest BCUT2D eigenvalue weighted by molar-refractivity contribution is -0.129. The van der Waals surface area contributed by atoms with Crippen LogP contribution in [0.3, 0.4) is 0 Å². The van der Waals surface area contributed by atoms with Gasteiger partial charge in [0.25, 0.3) is 5.91 Å². The number of hydrogen-bond donors (Lipinski definition) is 2. The van der Waals surface area contributed by atoms with E-state index in [0.29, 0.717) is 5.56 Å². The molecule has 0 unspecified atom stereocenters. The first-order valence-electron chi connectivity index (χ1n) is 5.73. The van der Waals surface area contributed by atoms with E-state index < -0.39 is 12.0 Å². The van der Waals surface area contributed by atoms with E-state index in [4.69, 9.17) is 0 Å². The Morgan fingerprint density at radius 1 is 1.26 bits per heavy atom. The zero-order valence-corrected chi connectivity index (χ0v) is 10.1. The number of nitrogens with one attached hydrogen (secondary N) is 1. The molecule has 0 fully saturated rings. The molecule has 0 radical (unpaired) electrons. The van der Waals surface area contributed by atoms with Crippen molar-refractivity contribution in [1.29, 1.82) is 0 Å². The van der Waals surface area contributed by atoms with Crippen molar-refractivity contribution >= 4 is 12.1 Å². The fourth-order valence-corrected chi connectivity index (χ4v) is 1.47. The van der Waals surface area contributed by atoms with Crippen LogP contribution in [0, 0.1) is 0 Å². The predicted molar refractivity (Wildman–Crippen MR) is 71.4 cm³/mol. The van der Waals surface area contributed by atoms with Crippen LogP contribution in [0.25, 0.3) is 0 Å². The molecular formula is C14H13N3O2. The molecule has 1 atom stereocenters. The Hall–Kier alpha value is -2.53. The Labute approximate surface area is 110 Å². The first-order chi connectivity index (χ1) is 9.27. The minimum atomic E-state index is -1.23. The third-order valence-electron chi connectivity index (χ3n) is 2.44. The summed E-state index contributed by atoms with van der Waals surface area (Å²) in [5.41, 5.74) is 3.57. The molecule has 0 aliphatic rings. The van der Waals surface area contributed by atoms with Crippen molar-refractivity contribution in [3.63, 3.8) is 0 Å². The number of hydrogen-bond acceptors (Lipinski definition) is 4. The number of aliphatic hydroxyl groups excluding tert-OH is 1. The van der Waals surface area contributed by atoms with E-state index in [-0.39, 0.29) is 0 Å². The highest BCUT2D eigenvalue weighted by Gasteiger charge is 2.15. The molecule has 2 N–H and O–H groups in total. The van der Waals surface area contributed by atoms with Gasteiger partial charge >= 0.3 is 0 Å². The number of amides is 1. The van der Waals surface area contributed by atoms with Gasteiger partial charge in [0.05, 0.1) is 6.21 Å². The third kappa shape index (κ3) is 3.72. The lowest BCUT2D eigenvalue weighted by Crippen LogP contribution is -2.25. The lowest BCUT2D eigenvalue weighted by atomic mass is 10.1. The molecule has 1 amide bonds. The molecule has 0 aliphatic carbocycles. The Bertz CT molecular complexity index is 555. The zero-order valence-electron chi connectivity index (χ0n) is 10.1. The minimum absolute atomic E-state index is 0.525. The van der Waals surface area contributed by atoms with Crippen LogP contribution in [0.15, 0.2) is 60.0 Å². The molecule has 96 valence electrons. The van der Waals surface area contributed by atoms with E-state index in [9.17, 15) is 9.90 Å². The van der Waals surface area contributed by atoms with Gasteiger partial charge in [-0.05, 0) is 11.6 Å². The SMILES string of the molecule is O=C(NN=Cc1cccnc1)[C@@H](O)c1ccccc1. The topological polar surface area (TPSA) is 74.6 Å². The number of carbonyl (C=O) groups is 1. The van der Waals surface area contributed by atoms with Gasteiger partial charge in [0, 0.05) is 18.0 Å². The summed E-state index contributed by atoms with van der Waals surface area (Å²) in [5, 5.41) is 13.6. The Kier molecular flexibility index (Phi) is 4.36. The molecule has 2 rings (SSSR count). The van der Waals surface area contributed by atoms with E-state index in [1.165, 1.54) is 6.21 Å². The normalized spacial score (nSPS) is 12.3. The zero-order chi connectivity index (χ0) is 13.5. The van der Waals surface area contributed by atoms with Gasteiger partial charge in [0.2, 0.25) is 0 Å². The van der Waals surface area contributed by atoms with E-state index in [2.05, 4.69) is 15.5 Å². The van der Waals surface area contributed by atoms with Gasteiger partial charge in [-0.1, -0.05) is 36.4 Å². The first kappa shape index (κ1) is 12.9. The van der Waals surface area contributed by atoms with Crippen LogP contribution >= 0.6 is 0 Å². The summed E-state index contributed by atoms with van der Waals surface area (Å²) >= 11 is 0. The number of aromatic nitrogens is 1. The third-order valence-corrected chi connectivity index (χ3v) is 2.44. The highest BCUT2D eigenvalue weighted by Crippen LogP contribution is 2.11. The van der Waals surface area contributed by atoms with Crippen molar-refractivity contribution in [2.75, 3.05) is 0 Å². The van der Waals surface area contributed by atoms with Crippen molar-refractivity contribution in [2.45, 2.75) is 6.10 Å². The van der Waals surface area contributed by atoms with Crippen LogP contribution < -0.4 is 5.43 Å². The maximum atomic E-state index is 11.6. The van der Waals surface area contributed by atoms with Gasteiger partial charge in [-0.25, -0.2) is 5.43 Å². The first-order valence-corrected chi connectivity index (χ1v) is 5.73. The largest absolute Gasteiger partial charge is 0.378 e. The second-order valence-electron chi connectivity index (χ2n) is 3.83. The highest BCUT2D eigenvalue weighted by molar-refractivity contribution is 5.84. The van der Waals surface area contributed by atoms with Crippen LogP contribution in [0.4, 0.5) is 0 Å². The van der Waals surface area contributed by atoms with Crippen molar-refractivity contribution in [3.8, 4) is 0 Å². The molecule has 0 spiro atoms. The van der Waals surface area contributed by atoms with Gasteiger partial charge in [-0.2, -0.15) is 5.10 Å². The molecular weight excluding hydrogens is 242 g/mol. The van der Waals surface area contributed by atoms with Crippen molar-refractivity contribution in [3.05, 3.63) is 66.0 Å². The average molecular weight is 255 g/mol. The van der Waals surface area contributed by atoms with Crippen LogP contribution in [-0.2, 0) is 4.79 Å². The average Bonchev–Trinajstić information content (AvgIpc) is 2.48. The number of pyridine rings is 1. The minimum Gasteiger partial charge on any atom is -0.378 e. The molecule has 0 saturated carbocycles. The number of rotatable bonds is 4. The molecule has 2 aromatic rings. The molecule has 5 heteroatoms.